The van der Waals surface area contributed by atoms with Crippen molar-refractivity contribution >= 4 is 0 Å². The van der Waals surface area contributed by atoms with Crippen LogP contribution in [0.2, 0.25) is 0 Å². The van der Waals surface area contributed by atoms with Crippen molar-refractivity contribution in [2.75, 3.05) is 26.2 Å². The highest BCUT2D eigenvalue weighted by molar-refractivity contribution is 4.86. The highest BCUT2D eigenvalue weighted by Gasteiger charge is 2.33. The first kappa shape index (κ1) is 11.0. The van der Waals surface area contributed by atoms with Gasteiger partial charge in [0.1, 0.15) is 0 Å². The molecule has 1 atom stereocenters. The Kier molecular flexibility index (Phi) is 3.71. The lowest BCUT2D eigenvalue weighted by molar-refractivity contribution is -0.0254. The molecule has 3 nitrogen and oxygen atoms in total. The lowest BCUT2D eigenvalue weighted by Gasteiger charge is -2.41. The molecule has 0 radical (unpaired) electrons. The minimum atomic E-state index is -0.169. The van der Waals surface area contributed by atoms with Gasteiger partial charge in [0, 0.05) is 31.7 Å². The van der Waals surface area contributed by atoms with Crippen molar-refractivity contribution in [1.82, 2.24) is 4.90 Å². The maximum Gasteiger partial charge on any atom is 0.0615 e. The molecule has 0 aromatic heterocycles. The van der Waals surface area contributed by atoms with E-state index in [1.54, 1.807) is 0 Å². The number of aliphatic hydroxyl groups excluding tert-OH is 2. The Balaban J connectivity index is 2.37. The van der Waals surface area contributed by atoms with E-state index in [9.17, 15) is 5.11 Å². The highest BCUT2D eigenvalue weighted by atomic mass is 16.3. The molecule has 13 heavy (non-hydrogen) atoms. The molecule has 1 rings (SSSR count). The van der Waals surface area contributed by atoms with Crippen LogP contribution in [0, 0.1) is 5.41 Å². The van der Waals surface area contributed by atoms with E-state index in [2.05, 4.69) is 18.7 Å². The van der Waals surface area contributed by atoms with Gasteiger partial charge in [-0.3, -0.25) is 0 Å². The van der Waals surface area contributed by atoms with Gasteiger partial charge in [-0.2, -0.15) is 0 Å². The number of rotatable bonds is 3. The Hall–Kier alpha value is -0.120. The van der Waals surface area contributed by atoms with Crippen LogP contribution in [0.25, 0.3) is 0 Å². The van der Waals surface area contributed by atoms with Crippen LogP contribution in [0.4, 0.5) is 0 Å². The second-order valence-electron chi connectivity index (χ2n) is 4.65. The van der Waals surface area contributed by atoms with E-state index >= 15 is 0 Å². The summed E-state index contributed by atoms with van der Waals surface area (Å²) in [6, 6.07) is 0. The summed E-state index contributed by atoms with van der Waals surface area (Å²) >= 11 is 0. The number of likely N-dealkylation sites (tertiary alicyclic amines) is 1. The summed E-state index contributed by atoms with van der Waals surface area (Å²) in [5, 5.41) is 18.4. The number of hydrogen-bond donors (Lipinski definition) is 2. The Morgan fingerprint density at radius 2 is 2.15 bits per heavy atom. The Labute approximate surface area is 80.4 Å². The standard InChI is InChI=1S/C10H21NO2/c1-10(2)8-11(5-3-7-12)6-4-9(10)13/h9,12-13H,3-8H2,1-2H3. The van der Waals surface area contributed by atoms with E-state index in [0.29, 0.717) is 0 Å². The third kappa shape index (κ3) is 2.93. The predicted octanol–water partition coefficient (Wildman–Crippen LogP) is 0.462. The molecule has 1 fully saturated rings. The summed E-state index contributed by atoms with van der Waals surface area (Å²) in [4.78, 5) is 2.32. The molecule has 0 bridgehead atoms. The molecule has 2 N–H and O–H groups in total. The summed E-state index contributed by atoms with van der Waals surface area (Å²) < 4.78 is 0. The van der Waals surface area contributed by atoms with Gasteiger partial charge in [0.15, 0.2) is 0 Å². The zero-order valence-electron chi connectivity index (χ0n) is 8.66. The lowest BCUT2D eigenvalue weighted by atomic mass is 9.81. The summed E-state index contributed by atoms with van der Waals surface area (Å²) in [5.41, 5.74) is 0.00764. The molecule has 1 aliphatic rings. The van der Waals surface area contributed by atoms with Crippen molar-refractivity contribution < 1.29 is 10.2 Å². The number of aliphatic hydroxyl groups is 2. The van der Waals surface area contributed by atoms with Gasteiger partial charge in [-0.1, -0.05) is 13.8 Å². The maximum absolute atomic E-state index is 9.70. The van der Waals surface area contributed by atoms with Gasteiger partial charge in [0.05, 0.1) is 6.10 Å². The first-order valence-corrected chi connectivity index (χ1v) is 5.07. The van der Waals surface area contributed by atoms with Gasteiger partial charge in [-0.25, -0.2) is 0 Å². The average molecular weight is 187 g/mol. The van der Waals surface area contributed by atoms with Crippen molar-refractivity contribution in [2.24, 2.45) is 5.41 Å². The number of nitrogens with zero attached hydrogens (tertiary/aromatic N) is 1. The number of hydrogen-bond acceptors (Lipinski definition) is 3. The van der Waals surface area contributed by atoms with Crippen LogP contribution in [0.1, 0.15) is 26.7 Å². The molecule has 0 amide bonds. The topological polar surface area (TPSA) is 43.7 Å². The van der Waals surface area contributed by atoms with Crippen LogP contribution in [-0.4, -0.2) is 47.5 Å². The van der Waals surface area contributed by atoms with E-state index in [4.69, 9.17) is 5.11 Å². The third-order valence-electron chi connectivity index (χ3n) is 2.88. The fourth-order valence-corrected chi connectivity index (χ4v) is 1.94. The molecule has 0 aromatic rings. The molecule has 0 aliphatic carbocycles. The Morgan fingerprint density at radius 1 is 1.46 bits per heavy atom. The zero-order valence-corrected chi connectivity index (χ0v) is 8.66. The lowest BCUT2D eigenvalue weighted by Crippen LogP contribution is -2.48. The van der Waals surface area contributed by atoms with E-state index in [0.717, 1.165) is 32.5 Å². The van der Waals surface area contributed by atoms with Gasteiger partial charge in [-0.15, -0.1) is 0 Å². The van der Waals surface area contributed by atoms with E-state index < -0.39 is 0 Å². The predicted molar refractivity (Wildman–Crippen MR) is 52.5 cm³/mol. The Bertz CT molecular complexity index is 157. The van der Waals surface area contributed by atoms with Gasteiger partial charge in [0.25, 0.3) is 0 Å². The third-order valence-corrected chi connectivity index (χ3v) is 2.88. The fraction of sp³-hybridized carbons (Fsp3) is 1.00. The Morgan fingerprint density at radius 3 is 2.69 bits per heavy atom. The first-order valence-electron chi connectivity index (χ1n) is 5.07. The van der Waals surface area contributed by atoms with E-state index in [-0.39, 0.29) is 18.1 Å². The molecule has 78 valence electrons. The quantitative estimate of drug-likeness (QED) is 0.674. The van der Waals surface area contributed by atoms with Gasteiger partial charge < -0.3 is 15.1 Å². The summed E-state index contributed by atoms with van der Waals surface area (Å²) in [6.45, 7) is 7.32. The second kappa shape index (κ2) is 4.40. The molecule has 1 heterocycles. The van der Waals surface area contributed by atoms with Crippen molar-refractivity contribution in [1.29, 1.82) is 0 Å². The first-order chi connectivity index (χ1) is 6.06. The molecular formula is C10H21NO2. The van der Waals surface area contributed by atoms with Crippen molar-refractivity contribution in [3.05, 3.63) is 0 Å². The van der Waals surface area contributed by atoms with Crippen molar-refractivity contribution in [2.45, 2.75) is 32.8 Å². The van der Waals surface area contributed by atoms with Crippen LogP contribution in [0.3, 0.4) is 0 Å². The van der Waals surface area contributed by atoms with E-state index in [1.807, 2.05) is 0 Å². The average Bonchev–Trinajstić information content (AvgIpc) is 2.07. The minimum Gasteiger partial charge on any atom is -0.396 e. The van der Waals surface area contributed by atoms with Crippen molar-refractivity contribution in [3.8, 4) is 0 Å². The molecule has 0 spiro atoms. The molecule has 1 unspecified atom stereocenters. The van der Waals surface area contributed by atoms with Gasteiger partial charge in [-0.05, 0) is 12.8 Å². The van der Waals surface area contributed by atoms with Crippen molar-refractivity contribution in [3.63, 3.8) is 0 Å². The zero-order chi connectivity index (χ0) is 9.90. The van der Waals surface area contributed by atoms with Crippen LogP contribution >= 0.6 is 0 Å². The fourth-order valence-electron chi connectivity index (χ4n) is 1.94. The van der Waals surface area contributed by atoms with Crippen LogP contribution < -0.4 is 0 Å². The second-order valence-corrected chi connectivity index (χ2v) is 4.65. The van der Waals surface area contributed by atoms with E-state index in [1.165, 1.54) is 0 Å². The monoisotopic (exact) mass is 187 g/mol. The SMILES string of the molecule is CC1(C)CN(CCCO)CCC1O. The molecule has 3 heteroatoms. The molecule has 0 saturated carbocycles. The molecule has 1 aliphatic heterocycles. The molecule has 1 saturated heterocycles. The van der Waals surface area contributed by atoms with Gasteiger partial charge in [0.2, 0.25) is 0 Å². The highest BCUT2D eigenvalue weighted by Crippen LogP contribution is 2.28. The smallest absolute Gasteiger partial charge is 0.0615 e. The summed E-state index contributed by atoms with van der Waals surface area (Å²) in [7, 11) is 0. The number of piperidine rings is 1. The van der Waals surface area contributed by atoms with Crippen LogP contribution in [0.15, 0.2) is 0 Å². The molecule has 0 aromatic carbocycles. The normalized spacial score (nSPS) is 29.1. The largest absolute Gasteiger partial charge is 0.396 e. The minimum absolute atomic E-state index is 0.00764. The van der Waals surface area contributed by atoms with Crippen LogP contribution in [0.5, 0.6) is 0 Å². The summed E-state index contributed by atoms with van der Waals surface area (Å²) in [6.07, 6.45) is 1.53. The maximum atomic E-state index is 9.70. The van der Waals surface area contributed by atoms with Crippen LogP contribution in [-0.2, 0) is 0 Å². The molecular weight excluding hydrogens is 166 g/mol. The van der Waals surface area contributed by atoms with Gasteiger partial charge >= 0.3 is 0 Å². The summed E-state index contributed by atoms with van der Waals surface area (Å²) in [5.74, 6) is 0.